The smallest absolute Gasteiger partial charge is 0.164 e. The molecule has 158 valence electrons. The van der Waals surface area contributed by atoms with E-state index >= 15 is 0 Å². The topological polar surface area (TPSA) is 51.8 Å². The number of nitrogens with zero attached hydrogens (tertiary/aromatic N) is 3. The van der Waals surface area contributed by atoms with Crippen molar-refractivity contribution in [3.05, 3.63) is 101 Å². The first-order valence-corrected chi connectivity index (χ1v) is 11.5. The Bertz CT molecular complexity index is 1570. The Labute approximate surface area is 199 Å². The minimum absolute atomic E-state index is 0.621. The number of furan rings is 1. The van der Waals surface area contributed by atoms with Gasteiger partial charge in [-0.3, -0.25) is 0 Å². The van der Waals surface area contributed by atoms with Crippen molar-refractivity contribution in [1.29, 1.82) is 0 Å². The van der Waals surface area contributed by atoms with E-state index in [2.05, 4.69) is 28.9 Å². The lowest BCUT2D eigenvalue weighted by molar-refractivity contribution is 0.669. The number of halogens is 1. The number of aromatic nitrogens is 3. The standard InChI is InChI=1S/C28H18BrN3O/c1-17-21(29)15-16-23-24(17)25-20(13-8-14-22(25)33-23)28-31-26(18-9-4-2-5-10-18)30-27(32-28)19-11-6-3-7-12-19/h2-16H,1H3. The van der Waals surface area contributed by atoms with Gasteiger partial charge in [-0.15, -0.1) is 0 Å². The Morgan fingerprint density at radius 1 is 0.576 bits per heavy atom. The zero-order valence-corrected chi connectivity index (χ0v) is 19.4. The van der Waals surface area contributed by atoms with Crippen LogP contribution in [-0.2, 0) is 0 Å². The SMILES string of the molecule is Cc1c(Br)ccc2oc3cccc(-c4nc(-c5ccccc5)nc(-c5ccccc5)n4)c3c12. The van der Waals surface area contributed by atoms with E-state index in [1.807, 2.05) is 84.9 Å². The molecular formula is C28H18BrN3O. The third kappa shape index (κ3) is 3.41. The monoisotopic (exact) mass is 491 g/mol. The number of aryl methyl sites for hydroxylation is 1. The summed E-state index contributed by atoms with van der Waals surface area (Å²) < 4.78 is 7.23. The highest BCUT2D eigenvalue weighted by atomic mass is 79.9. The Kier molecular flexibility index (Phi) is 4.77. The summed E-state index contributed by atoms with van der Waals surface area (Å²) in [5.74, 6) is 1.90. The number of hydrogen-bond donors (Lipinski definition) is 0. The number of rotatable bonds is 3. The van der Waals surface area contributed by atoms with Crippen molar-refractivity contribution in [1.82, 2.24) is 15.0 Å². The maximum Gasteiger partial charge on any atom is 0.164 e. The van der Waals surface area contributed by atoms with E-state index < -0.39 is 0 Å². The van der Waals surface area contributed by atoms with Crippen molar-refractivity contribution in [2.45, 2.75) is 6.92 Å². The van der Waals surface area contributed by atoms with Gasteiger partial charge in [0.1, 0.15) is 11.2 Å². The normalized spacial score (nSPS) is 11.3. The molecule has 0 aliphatic carbocycles. The highest BCUT2D eigenvalue weighted by Crippen LogP contribution is 2.39. The van der Waals surface area contributed by atoms with E-state index in [4.69, 9.17) is 19.4 Å². The van der Waals surface area contributed by atoms with E-state index in [-0.39, 0.29) is 0 Å². The van der Waals surface area contributed by atoms with Crippen LogP contribution < -0.4 is 0 Å². The third-order valence-electron chi connectivity index (χ3n) is 5.80. The van der Waals surface area contributed by atoms with Gasteiger partial charge in [-0.1, -0.05) is 88.7 Å². The zero-order valence-electron chi connectivity index (χ0n) is 17.8. The van der Waals surface area contributed by atoms with Gasteiger partial charge in [-0.25, -0.2) is 15.0 Å². The molecule has 0 spiro atoms. The molecule has 6 rings (SSSR count). The first-order chi connectivity index (χ1) is 16.2. The van der Waals surface area contributed by atoms with Crippen molar-refractivity contribution >= 4 is 37.9 Å². The summed E-state index contributed by atoms with van der Waals surface area (Å²) in [5.41, 5.74) is 5.59. The van der Waals surface area contributed by atoms with Gasteiger partial charge in [0.25, 0.3) is 0 Å². The predicted molar refractivity (Wildman–Crippen MR) is 136 cm³/mol. The van der Waals surface area contributed by atoms with Crippen LogP contribution in [0, 0.1) is 6.92 Å². The summed E-state index contributed by atoms with van der Waals surface area (Å²) in [6, 6.07) is 30.1. The zero-order chi connectivity index (χ0) is 22.4. The highest BCUT2D eigenvalue weighted by molar-refractivity contribution is 9.10. The van der Waals surface area contributed by atoms with Gasteiger partial charge in [0.2, 0.25) is 0 Å². The number of benzene rings is 4. The van der Waals surface area contributed by atoms with Crippen LogP contribution in [0.1, 0.15) is 5.56 Å². The van der Waals surface area contributed by atoms with Crippen molar-refractivity contribution in [3.8, 4) is 34.2 Å². The van der Waals surface area contributed by atoms with Gasteiger partial charge in [0.05, 0.1) is 0 Å². The average Bonchev–Trinajstić information content (AvgIpc) is 3.26. The molecule has 0 atom stereocenters. The van der Waals surface area contributed by atoms with Crippen LogP contribution in [0.5, 0.6) is 0 Å². The van der Waals surface area contributed by atoms with Gasteiger partial charge in [-0.05, 0) is 30.7 Å². The number of hydrogen-bond acceptors (Lipinski definition) is 4. The Morgan fingerprint density at radius 2 is 1.15 bits per heavy atom. The van der Waals surface area contributed by atoms with Crippen LogP contribution in [-0.4, -0.2) is 15.0 Å². The Balaban J connectivity index is 1.68. The molecule has 0 aliphatic rings. The molecule has 0 saturated heterocycles. The molecule has 0 saturated carbocycles. The molecule has 6 aromatic rings. The molecule has 33 heavy (non-hydrogen) atoms. The fourth-order valence-corrected chi connectivity index (χ4v) is 4.50. The summed E-state index contributed by atoms with van der Waals surface area (Å²) in [4.78, 5) is 14.6. The Morgan fingerprint density at radius 3 is 1.79 bits per heavy atom. The fourth-order valence-electron chi connectivity index (χ4n) is 4.17. The van der Waals surface area contributed by atoms with Gasteiger partial charge in [-0.2, -0.15) is 0 Å². The fraction of sp³-hybridized carbons (Fsp3) is 0.0357. The van der Waals surface area contributed by atoms with Crippen LogP contribution in [0.25, 0.3) is 56.1 Å². The molecule has 4 aromatic carbocycles. The van der Waals surface area contributed by atoms with Crippen LogP contribution >= 0.6 is 15.9 Å². The van der Waals surface area contributed by atoms with Gasteiger partial charge in [0, 0.05) is 31.9 Å². The summed E-state index contributed by atoms with van der Waals surface area (Å²) in [7, 11) is 0. The molecule has 0 bridgehead atoms. The van der Waals surface area contributed by atoms with Gasteiger partial charge >= 0.3 is 0 Å². The van der Waals surface area contributed by atoms with Crippen molar-refractivity contribution in [3.63, 3.8) is 0 Å². The maximum absolute atomic E-state index is 6.19. The van der Waals surface area contributed by atoms with Crippen molar-refractivity contribution in [2.75, 3.05) is 0 Å². The van der Waals surface area contributed by atoms with Crippen LogP contribution in [0.2, 0.25) is 0 Å². The van der Waals surface area contributed by atoms with Crippen LogP contribution in [0.3, 0.4) is 0 Å². The number of fused-ring (bicyclic) bond motifs is 3. The highest BCUT2D eigenvalue weighted by Gasteiger charge is 2.19. The van der Waals surface area contributed by atoms with Crippen LogP contribution in [0.15, 0.2) is 99.9 Å². The van der Waals surface area contributed by atoms with Crippen molar-refractivity contribution in [2.24, 2.45) is 0 Å². The van der Waals surface area contributed by atoms with E-state index in [0.717, 1.165) is 48.7 Å². The second-order valence-corrected chi connectivity index (χ2v) is 8.72. The maximum atomic E-state index is 6.19. The molecular weight excluding hydrogens is 474 g/mol. The van der Waals surface area contributed by atoms with E-state index in [9.17, 15) is 0 Å². The van der Waals surface area contributed by atoms with E-state index in [1.54, 1.807) is 0 Å². The van der Waals surface area contributed by atoms with Gasteiger partial charge < -0.3 is 4.42 Å². The lowest BCUT2D eigenvalue weighted by Gasteiger charge is -2.09. The lowest BCUT2D eigenvalue weighted by Crippen LogP contribution is -2.00. The molecule has 4 nitrogen and oxygen atoms in total. The minimum Gasteiger partial charge on any atom is -0.456 e. The molecule has 0 radical (unpaired) electrons. The molecule has 0 fully saturated rings. The largest absolute Gasteiger partial charge is 0.456 e. The first-order valence-electron chi connectivity index (χ1n) is 10.7. The summed E-state index contributed by atoms with van der Waals surface area (Å²) >= 11 is 3.67. The lowest BCUT2D eigenvalue weighted by atomic mass is 10.0. The predicted octanol–water partition coefficient (Wildman–Crippen LogP) is 7.84. The third-order valence-corrected chi connectivity index (χ3v) is 6.66. The molecule has 0 aliphatic heterocycles. The van der Waals surface area contributed by atoms with Crippen LogP contribution in [0.4, 0.5) is 0 Å². The quantitative estimate of drug-likeness (QED) is 0.253. The minimum atomic E-state index is 0.621. The van der Waals surface area contributed by atoms with E-state index in [1.165, 1.54) is 0 Å². The average molecular weight is 492 g/mol. The molecule has 0 amide bonds. The van der Waals surface area contributed by atoms with Crippen molar-refractivity contribution < 1.29 is 4.42 Å². The van der Waals surface area contributed by atoms with Gasteiger partial charge in [0.15, 0.2) is 17.5 Å². The molecule has 5 heteroatoms. The molecule has 2 aromatic heterocycles. The second-order valence-electron chi connectivity index (χ2n) is 7.86. The molecule has 2 heterocycles. The van der Waals surface area contributed by atoms with E-state index in [0.29, 0.717) is 17.5 Å². The molecule has 0 N–H and O–H groups in total. The summed E-state index contributed by atoms with van der Waals surface area (Å²) in [5, 5.41) is 2.08. The second kappa shape index (κ2) is 7.94. The first kappa shape index (κ1) is 19.8. The Hall–Kier alpha value is -3.83. The molecule has 0 unspecified atom stereocenters. The summed E-state index contributed by atoms with van der Waals surface area (Å²) in [6.45, 7) is 2.09. The summed E-state index contributed by atoms with van der Waals surface area (Å²) in [6.07, 6.45) is 0.